The maximum Gasteiger partial charge on any atom is 0.269 e. The summed E-state index contributed by atoms with van der Waals surface area (Å²) in [6.45, 7) is 0.222. The number of aliphatic hydroxyl groups excluding tert-OH is 1. The number of carbonyl (C=O) groups is 1. The fraction of sp³-hybridized carbons (Fsp3) is 0.556. The third kappa shape index (κ3) is 0.778. The molecule has 1 saturated carbocycles. The molecule has 1 heterocycles. The Hall–Kier alpha value is -1.36. The van der Waals surface area contributed by atoms with Crippen LogP contribution in [-0.4, -0.2) is 27.8 Å². The van der Waals surface area contributed by atoms with E-state index < -0.39 is 5.91 Å². The summed E-state index contributed by atoms with van der Waals surface area (Å²) in [4.78, 5) is 11.0. The Balaban J connectivity index is 1.99. The van der Waals surface area contributed by atoms with Crippen molar-refractivity contribution in [1.29, 1.82) is 0 Å². The average Bonchev–Trinajstić information content (AvgIpc) is 2.55. The summed E-state index contributed by atoms with van der Waals surface area (Å²) in [5, 5.41) is 15.8. The number of aromatic amines is 1. The second-order valence-corrected chi connectivity index (χ2v) is 4.07. The monoisotopic (exact) mass is 193 g/mol. The van der Waals surface area contributed by atoms with Crippen molar-refractivity contribution in [3.05, 3.63) is 17.0 Å². The molecule has 1 amide bonds. The smallest absolute Gasteiger partial charge is 0.269 e. The van der Waals surface area contributed by atoms with E-state index in [1.165, 1.54) is 0 Å². The molecule has 2 aliphatic rings. The Labute approximate surface area is 80.3 Å². The molecule has 14 heavy (non-hydrogen) atoms. The molecule has 0 saturated heterocycles. The topological polar surface area (TPSA) is 92.0 Å². The summed E-state index contributed by atoms with van der Waals surface area (Å²) < 4.78 is 0. The van der Waals surface area contributed by atoms with Crippen molar-refractivity contribution < 1.29 is 9.90 Å². The fourth-order valence-corrected chi connectivity index (χ4v) is 2.70. The summed E-state index contributed by atoms with van der Waals surface area (Å²) in [6, 6.07) is 0. The van der Waals surface area contributed by atoms with E-state index in [0.29, 0.717) is 23.4 Å². The summed E-state index contributed by atoms with van der Waals surface area (Å²) in [6.07, 6.45) is 0.833. The van der Waals surface area contributed by atoms with Gasteiger partial charge in [0.2, 0.25) is 0 Å². The van der Waals surface area contributed by atoms with Gasteiger partial charge in [0.25, 0.3) is 5.91 Å². The zero-order valence-electron chi connectivity index (χ0n) is 7.53. The lowest BCUT2D eigenvalue weighted by Crippen LogP contribution is -2.14. The normalized spacial score (nSPS) is 32.5. The Bertz CT molecular complexity index is 412. The summed E-state index contributed by atoms with van der Waals surface area (Å²) in [5.41, 5.74) is 7.55. The van der Waals surface area contributed by atoms with E-state index in [1.54, 1.807) is 0 Å². The molecule has 74 valence electrons. The molecule has 2 aliphatic carbocycles. The van der Waals surface area contributed by atoms with Crippen molar-refractivity contribution in [2.45, 2.75) is 12.3 Å². The van der Waals surface area contributed by atoms with E-state index >= 15 is 0 Å². The van der Waals surface area contributed by atoms with Gasteiger partial charge in [-0.15, -0.1) is 0 Å². The van der Waals surface area contributed by atoms with Crippen LogP contribution in [0.5, 0.6) is 0 Å². The standard InChI is InChI=1S/C9H11N3O2/c10-9(14)8-4-1-3-5(2-13)6(3)7(4)11-12-8/h3,5-6,13H,1-2H2,(H2,10,14)(H,11,12)/t3-,5-,6-/m0/s1. The highest BCUT2D eigenvalue weighted by molar-refractivity contribution is 5.92. The molecule has 4 N–H and O–H groups in total. The van der Waals surface area contributed by atoms with Crippen LogP contribution in [0.15, 0.2) is 0 Å². The predicted molar refractivity (Wildman–Crippen MR) is 47.6 cm³/mol. The van der Waals surface area contributed by atoms with E-state index in [0.717, 1.165) is 17.7 Å². The number of nitrogens with one attached hydrogen (secondary N) is 1. The molecule has 5 heteroatoms. The first-order valence-electron chi connectivity index (χ1n) is 4.71. The molecule has 0 aromatic carbocycles. The number of aromatic nitrogens is 2. The number of hydrogen-bond acceptors (Lipinski definition) is 3. The van der Waals surface area contributed by atoms with Gasteiger partial charge < -0.3 is 10.8 Å². The lowest BCUT2D eigenvalue weighted by Gasteiger charge is -1.99. The third-order valence-electron chi connectivity index (χ3n) is 3.45. The highest BCUT2D eigenvalue weighted by Gasteiger charge is 2.57. The summed E-state index contributed by atoms with van der Waals surface area (Å²) in [5.74, 6) is 0.783. The second-order valence-electron chi connectivity index (χ2n) is 4.07. The first-order valence-corrected chi connectivity index (χ1v) is 4.71. The summed E-state index contributed by atoms with van der Waals surface area (Å²) in [7, 11) is 0. The van der Waals surface area contributed by atoms with Crippen molar-refractivity contribution in [3.8, 4) is 0 Å². The number of nitrogens with zero attached hydrogens (tertiary/aromatic N) is 1. The van der Waals surface area contributed by atoms with Gasteiger partial charge in [0.15, 0.2) is 5.69 Å². The van der Waals surface area contributed by atoms with Crippen molar-refractivity contribution >= 4 is 5.91 Å². The number of aliphatic hydroxyl groups is 1. The Kier molecular flexibility index (Phi) is 1.35. The van der Waals surface area contributed by atoms with Gasteiger partial charge in [-0.05, 0) is 18.3 Å². The van der Waals surface area contributed by atoms with Gasteiger partial charge >= 0.3 is 0 Å². The molecular weight excluding hydrogens is 182 g/mol. The van der Waals surface area contributed by atoms with Crippen molar-refractivity contribution in [1.82, 2.24) is 10.2 Å². The molecule has 5 nitrogen and oxygen atoms in total. The molecule has 1 fully saturated rings. The number of nitrogens with two attached hydrogens (primary N) is 1. The molecule has 0 spiro atoms. The minimum atomic E-state index is -0.468. The predicted octanol–water partition coefficient (Wildman–Crippen LogP) is -0.613. The SMILES string of the molecule is NC(=O)c1n[nH]c2c1C[C@H]1[C@H](CO)[C@@H]21. The van der Waals surface area contributed by atoms with Crippen LogP contribution >= 0.6 is 0 Å². The van der Waals surface area contributed by atoms with Gasteiger partial charge in [0.1, 0.15) is 0 Å². The quantitative estimate of drug-likeness (QED) is 0.584. The van der Waals surface area contributed by atoms with Crippen molar-refractivity contribution in [2.75, 3.05) is 6.61 Å². The van der Waals surface area contributed by atoms with E-state index in [-0.39, 0.29) is 6.61 Å². The van der Waals surface area contributed by atoms with Gasteiger partial charge in [0, 0.05) is 23.8 Å². The molecule has 1 aromatic rings. The highest BCUT2D eigenvalue weighted by Crippen LogP contribution is 2.60. The first kappa shape index (κ1) is 7.99. The minimum absolute atomic E-state index is 0.222. The molecular formula is C9H11N3O2. The molecule has 1 aromatic heterocycles. The molecule has 0 radical (unpaired) electrons. The van der Waals surface area contributed by atoms with E-state index in [9.17, 15) is 4.79 Å². The first-order chi connectivity index (χ1) is 6.74. The number of fused-ring (bicyclic) bond motifs is 3. The average molecular weight is 193 g/mol. The van der Waals surface area contributed by atoms with Crippen LogP contribution in [0.2, 0.25) is 0 Å². The van der Waals surface area contributed by atoms with E-state index in [2.05, 4.69) is 10.2 Å². The third-order valence-corrected chi connectivity index (χ3v) is 3.45. The lowest BCUT2D eigenvalue weighted by molar-refractivity contribution is 0.0994. The van der Waals surface area contributed by atoms with Crippen LogP contribution in [0.4, 0.5) is 0 Å². The van der Waals surface area contributed by atoms with Crippen LogP contribution < -0.4 is 5.73 Å². The van der Waals surface area contributed by atoms with Gasteiger partial charge in [-0.25, -0.2) is 0 Å². The maximum atomic E-state index is 11.0. The minimum Gasteiger partial charge on any atom is -0.396 e. The lowest BCUT2D eigenvalue weighted by atomic mass is 10.1. The molecule has 3 rings (SSSR count). The van der Waals surface area contributed by atoms with Crippen LogP contribution in [0.25, 0.3) is 0 Å². The number of carbonyl (C=O) groups excluding carboxylic acids is 1. The Morgan fingerprint density at radius 2 is 2.50 bits per heavy atom. The Morgan fingerprint density at radius 1 is 1.71 bits per heavy atom. The largest absolute Gasteiger partial charge is 0.396 e. The molecule has 3 atom stereocenters. The van der Waals surface area contributed by atoms with Crippen LogP contribution in [-0.2, 0) is 6.42 Å². The van der Waals surface area contributed by atoms with Crippen molar-refractivity contribution in [3.63, 3.8) is 0 Å². The summed E-state index contributed by atoms with van der Waals surface area (Å²) >= 11 is 0. The van der Waals surface area contributed by atoms with Gasteiger partial charge in [-0.2, -0.15) is 5.10 Å². The van der Waals surface area contributed by atoms with Crippen LogP contribution in [0.1, 0.15) is 27.7 Å². The van der Waals surface area contributed by atoms with Crippen molar-refractivity contribution in [2.24, 2.45) is 17.6 Å². The second kappa shape index (κ2) is 2.36. The number of amides is 1. The fourth-order valence-electron chi connectivity index (χ4n) is 2.70. The molecule has 0 bridgehead atoms. The van der Waals surface area contributed by atoms with Crippen LogP contribution in [0, 0.1) is 11.8 Å². The number of rotatable bonds is 2. The zero-order valence-corrected chi connectivity index (χ0v) is 7.53. The highest BCUT2D eigenvalue weighted by atomic mass is 16.3. The van der Waals surface area contributed by atoms with E-state index in [4.69, 9.17) is 10.8 Å². The Morgan fingerprint density at radius 3 is 3.14 bits per heavy atom. The van der Waals surface area contributed by atoms with Gasteiger partial charge in [-0.3, -0.25) is 9.89 Å². The maximum absolute atomic E-state index is 11.0. The molecule has 0 unspecified atom stereocenters. The number of primary amides is 1. The van der Waals surface area contributed by atoms with Gasteiger partial charge in [-0.1, -0.05) is 0 Å². The number of H-pyrrole nitrogens is 1. The van der Waals surface area contributed by atoms with Gasteiger partial charge in [0.05, 0.1) is 0 Å². The van der Waals surface area contributed by atoms with E-state index in [1.807, 2.05) is 0 Å². The molecule has 0 aliphatic heterocycles. The van der Waals surface area contributed by atoms with Crippen LogP contribution in [0.3, 0.4) is 0 Å². The zero-order chi connectivity index (χ0) is 9.87. The number of hydrogen-bond donors (Lipinski definition) is 3.